The first-order chi connectivity index (χ1) is 13.1. The summed E-state index contributed by atoms with van der Waals surface area (Å²) in [7, 11) is 0. The molecule has 0 fully saturated rings. The highest BCUT2D eigenvalue weighted by molar-refractivity contribution is 6.05. The van der Waals surface area contributed by atoms with Gasteiger partial charge in [-0.25, -0.2) is 9.37 Å². The number of aliphatic hydroxyl groups is 1. The maximum atomic E-state index is 13.1. The number of hydrogen-bond donors (Lipinski definition) is 1. The van der Waals surface area contributed by atoms with Crippen LogP contribution in [-0.2, 0) is 11.2 Å². The van der Waals surface area contributed by atoms with E-state index in [4.69, 9.17) is 0 Å². The van der Waals surface area contributed by atoms with Crippen molar-refractivity contribution in [3.05, 3.63) is 95.4 Å². The van der Waals surface area contributed by atoms with Gasteiger partial charge in [0.15, 0.2) is 5.78 Å². The van der Waals surface area contributed by atoms with Crippen molar-refractivity contribution < 1.29 is 14.3 Å². The molecule has 0 unspecified atom stereocenters. The standard InChI is InChI=1S/C22H17FN2O2/c23-16-10-8-15(9-11-16)13-20(26)19-14-25(17-5-2-1-3-6-17)22-18(21(19)27)7-4-12-24-22/h1-12,27H,13-14H2. The molecule has 4 rings (SSSR count). The summed E-state index contributed by atoms with van der Waals surface area (Å²) in [4.78, 5) is 19.2. The van der Waals surface area contributed by atoms with Crippen LogP contribution in [0.25, 0.3) is 5.76 Å². The summed E-state index contributed by atoms with van der Waals surface area (Å²) < 4.78 is 13.1. The molecule has 0 radical (unpaired) electrons. The fraction of sp³-hybridized carbons (Fsp3) is 0.0909. The van der Waals surface area contributed by atoms with Gasteiger partial charge in [-0.15, -0.1) is 0 Å². The molecule has 0 saturated heterocycles. The highest BCUT2D eigenvalue weighted by atomic mass is 19.1. The number of aliphatic hydroxyl groups excluding tert-OH is 1. The van der Waals surface area contributed by atoms with Crippen LogP contribution in [-0.4, -0.2) is 22.4 Å². The maximum absolute atomic E-state index is 13.1. The third-order valence-electron chi connectivity index (χ3n) is 4.58. The van der Waals surface area contributed by atoms with Crippen LogP contribution in [0.4, 0.5) is 15.9 Å². The summed E-state index contributed by atoms with van der Waals surface area (Å²) in [6.07, 6.45) is 1.76. The van der Waals surface area contributed by atoms with Crippen LogP contribution < -0.4 is 4.90 Å². The summed E-state index contributed by atoms with van der Waals surface area (Å²) in [5.41, 5.74) is 2.43. The molecule has 4 nitrogen and oxygen atoms in total. The molecule has 1 aliphatic heterocycles. The monoisotopic (exact) mass is 360 g/mol. The van der Waals surface area contributed by atoms with Crippen molar-refractivity contribution in [2.75, 3.05) is 11.4 Å². The summed E-state index contributed by atoms with van der Waals surface area (Å²) in [6, 6.07) is 18.9. The SMILES string of the molecule is O=C(Cc1ccc(F)cc1)C1=C(O)c2cccnc2N(c2ccccc2)C1. The van der Waals surface area contributed by atoms with Crippen LogP contribution in [0.5, 0.6) is 0 Å². The molecule has 3 aromatic rings. The minimum atomic E-state index is -0.346. The Kier molecular flexibility index (Phi) is 4.42. The highest BCUT2D eigenvalue weighted by Crippen LogP contribution is 2.36. The molecule has 0 aliphatic carbocycles. The van der Waals surface area contributed by atoms with Crippen molar-refractivity contribution >= 4 is 23.0 Å². The number of pyridine rings is 1. The molecule has 1 N–H and O–H groups in total. The smallest absolute Gasteiger partial charge is 0.168 e. The van der Waals surface area contributed by atoms with Crippen LogP contribution in [0.3, 0.4) is 0 Å². The number of Topliss-reactive ketones (excluding diaryl/α,β-unsaturated/α-hetero) is 1. The molecule has 1 aliphatic rings. The van der Waals surface area contributed by atoms with Crippen molar-refractivity contribution in [2.24, 2.45) is 0 Å². The normalized spacial score (nSPS) is 13.4. The van der Waals surface area contributed by atoms with E-state index >= 15 is 0 Å². The first-order valence-corrected chi connectivity index (χ1v) is 8.61. The predicted octanol–water partition coefficient (Wildman–Crippen LogP) is 4.45. The zero-order valence-electron chi connectivity index (χ0n) is 14.5. The van der Waals surface area contributed by atoms with Gasteiger partial charge in [-0.05, 0) is 42.0 Å². The van der Waals surface area contributed by atoms with Gasteiger partial charge in [-0.3, -0.25) is 4.79 Å². The molecule has 0 atom stereocenters. The van der Waals surface area contributed by atoms with E-state index < -0.39 is 0 Å². The number of carbonyl (C=O) groups is 1. The van der Waals surface area contributed by atoms with Crippen molar-refractivity contribution in [1.82, 2.24) is 4.98 Å². The number of benzene rings is 2. The van der Waals surface area contributed by atoms with Crippen LogP contribution >= 0.6 is 0 Å². The molecule has 0 saturated carbocycles. The zero-order chi connectivity index (χ0) is 18.8. The number of aromatic nitrogens is 1. The number of nitrogens with zero attached hydrogens (tertiary/aromatic N) is 2. The maximum Gasteiger partial charge on any atom is 0.168 e. The van der Waals surface area contributed by atoms with Gasteiger partial charge >= 0.3 is 0 Å². The number of fused-ring (bicyclic) bond motifs is 1. The number of ketones is 1. The average Bonchev–Trinajstić information content (AvgIpc) is 2.71. The van der Waals surface area contributed by atoms with Crippen molar-refractivity contribution in [2.45, 2.75) is 6.42 Å². The van der Waals surface area contributed by atoms with Gasteiger partial charge in [0.1, 0.15) is 17.4 Å². The van der Waals surface area contributed by atoms with Gasteiger partial charge < -0.3 is 10.0 Å². The number of rotatable bonds is 4. The molecular weight excluding hydrogens is 343 g/mol. The molecule has 5 heteroatoms. The third kappa shape index (κ3) is 3.31. The van der Waals surface area contributed by atoms with Gasteiger partial charge in [0, 0.05) is 18.3 Å². The van der Waals surface area contributed by atoms with E-state index in [2.05, 4.69) is 4.98 Å². The quantitative estimate of drug-likeness (QED) is 0.747. The Morgan fingerprint density at radius 2 is 1.78 bits per heavy atom. The Hall–Kier alpha value is -3.47. The van der Waals surface area contributed by atoms with Crippen molar-refractivity contribution in [3.8, 4) is 0 Å². The molecular formula is C22H17FN2O2. The lowest BCUT2D eigenvalue weighted by molar-refractivity contribution is -0.115. The summed E-state index contributed by atoms with van der Waals surface area (Å²) >= 11 is 0. The molecule has 2 aromatic carbocycles. The Morgan fingerprint density at radius 1 is 1.04 bits per heavy atom. The lowest BCUT2D eigenvalue weighted by Crippen LogP contribution is -2.30. The summed E-state index contributed by atoms with van der Waals surface area (Å²) in [5, 5.41) is 10.7. The molecule has 2 heterocycles. The lowest BCUT2D eigenvalue weighted by atomic mass is 9.96. The molecule has 0 spiro atoms. The van der Waals surface area contributed by atoms with Gasteiger partial charge in [0.05, 0.1) is 17.7 Å². The summed E-state index contributed by atoms with van der Waals surface area (Å²) in [5.74, 6) is 0.0210. The van der Waals surface area contributed by atoms with E-state index in [0.717, 1.165) is 5.69 Å². The Bertz CT molecular complexity index is 1010. The van der Waals surface area contributed by atoms with Crippen LogP contribution in [0.2, 0.25) is 0 Å². The van der Waals surface area contributed by atoms with E-state index in [9.17, 15) is 14.3 Å². The third-order valence-corrected chi connectivity index (χ3v) is 4.58. The predicted molar refractivity (Wildman–Crippen MR) is 102 cm³/mol. The second-order valence-corrected chi connectivity index (χ2v) is 6.35. The second kappa shape index (κ2) is 7.03. The van der Waals surface area contributed by atoms with Crippen LogP contribution in [0.1, 0.15) is 11.1 Å². The molecule has 0 bridgehead atoms. The van der Waals surface area contributed by atoms with Gasteiger partial charge in [-0.2, -0.15) is 0 Å². The number of halogens is 1. The molecule has 0 amide bonds. The molecule has 27 heavy (non-hydrogen) atoms. The Balaban J connectivity index is 1.72. The summed E-state index contributed by atoms with van der Waals surface area (Å²) in [6.45, 7) is 0.222. The van der Waals surface area contributed by atoms with Crippen molar-refractivity contribution in [3.63, 3.8) is 0 Å². The number of hydrogen-bond acceptors (Lipinski definition) is 4. The highest BCUT2D eigenvalue weighted by Gasteiger charge is 2.29. The molecule has 134 valence electrons. The van der Waals surface area contributed by atoms with Gasteiger partial charge in [0.25, 0.3) is 0 Å². The zero-order valence-corrected chi connectivity index (χ0v) is 14.5. The number of para-hydroxylation sites is 1. The largest absolute Gasteiger partial charge is 0.507 e. The minimum absolute atomic E-state index is 0.0441. The topological polar surface area (TPSA) is 53.4 Å². The van der Waals surface area contributed by atoms with E-state index in [1.807, 2.05) is 35.2 Å². The molecule has 1 aromatic heterocycles. The van der Waals surface area contributed by atoms with E-state index in [1.165, 1.54) is 12.1 Å². The number of anilines is 2. The van der Waals surface area contributed by atoms with Crippen LogP contribution in [0, 0.1) is 5.82 Å². The number of carbonyl (C=O) groups excluding carboxylic acids is 1. The Labute approximate surface area is 156 Å². The van der Waals surface area contributed by atoms with Crippen LogP contribution in [0.15, 0.2) is 78.5 Å². The van der Waals surface area contributed by atoms with Gasteiger partial charge in [0.2, 0.25) is 0 Å². The average molecular weight is 360 g/mol. The first kappa shape index (κ1) is 17.0. The second-order valence-electron chi connectivity index (χ2n) is 6.35. The van der Waals surface area contributed by atoms with E-state index in [0.29, 0.717) is 22.5 Å². The van der Waals surface area contributed by atoms with E-state index in [1.54, 1.807) is 30.5 Å². The van der Waals surface area contributed by atoms with Crippen molar-refractivity contribution in [1.29, 1.82) is 0 Å². The fourth-order valence-corrected chi connectivity index (χ4v) is 3.20. The van der Waals surface area contributed by atoms with Gasteiger partial charge in [-0.1, -0.05) is 30.3 Å². The first-order valence-electron chi connectivity index (χ1n) is 8.61. The fourth-order valence-electron chi connectivity index (χ4n) is 3.20. The van der Waals surface area contributed by atoms with E-state index in [-0.39, 0.29) is 30.3 Å². The minimum Gasteiger partial charge on any atom is -0.507 e. The lowest BCUT2D eigenvalue weighted by Gasteiger charge is -2.31. The Morgan fingerprint density at radius 3 is 2.52 bits per heavy atom.